The summed E-state index contributed by atoms with van der Waals surface area (Å²) in [6.07, 6.45) is 1.35. The van der Waals surface area contributed by atoms with Crippen molar-refractivity contribution < 1.29 is 9.59 Å². The number of hydrogen-bond donors (Lipinski definition) is 2. The molecule has 0 saturated heterocycles. The predicted octanol–water partition coefficient (Wildman–Crippen LogP) is 4.27. The molecule has 2 aromatic carbocycles. The van der Waals surface area contributed by atoms with E-state index in [2.05, 4.69) is 15.6 Å². The SMILES string of the molecule is Cc1ccc(NC(=O)Cn2cnc3sc(C(=O)Nc4ccccc4)c(C)c3c2=O)c(C)c1. The summed E-state index contributed by atoms with van der Waals surface area (Å²) in [4.78, 5) is 43.6. The summed E-state index contributed by atoms with van der Waals surface area (Å²) >= 11 is 1.16. The van der Waals surface area contributed by atoms with Crippen molar-refractivity contribution in [2.75, 3.05) is 10.6 Å². The molecule has 0 radical (unpaired) electrons. The van der Waals surface area contributed by atoms with Gasteiger partial charge in [-0.1, -0.05) is 35.9 Å². The van der Waals surface area contributed by atoms with Gasteiger partial charge >= 0.3 is 0 Å². The third-order valence-electron chi connectivity index (χ3n) is 5.13. The van der Waals surface area contributed by atoms with Gasteiger partial charge in [-0.15, -0.1) is 11.3 Å². The molecule has 0 unspecified atom stereocenters. The second-order valence-electron chi connectivity index (χ2n) is 7.60. The molecule has 4 aromatic rings. The van der Waals surface area contributed by atoms with Gasteiger partial charge < -0.3 is 10.6 Å². The second kappa shape index (κ2) is 8.76. The van der Waals surface area contributed by atoms with Gasteiger partial charge in [0.2, 0.25) is 5.91 Å². The molecule has 0 saturated carbocycles. The number of para-hydroxylation sites is 1. The van der Waals surface area contributed by atoms with Crippen molar-refractivity contribution in [1.82, 2.24) is 9.55 Å². The van der Waals surface area contributed by atoms with Crippen LogP contribution in [0.15, 0.2) is 59.7 Å². The first-order chi connectivity index (χ1) is 15.3. The minimum absolute atomic E-state index is 0.171. The first-order valence-electron chi connectivity index (χ1n) is 10.1. The average molecular weight is 447 g/mol. The Kier molecular flexibility index (Phi) is 5.87. The van der Waals surface area contributed by atoms with E-state index in [1.807, 2.05) is 50.2 Å². The molecule has 0 fully saturated rings. The Balaban J connectivity index is 1.58. The third-order valence-corrected chi connectivity index (χ3v) is 6.32. The molecule has 32 heavy (non-hydrogen) atoms. The van der Waals surface area contributed by atoms with Crippen molar-refractivity contribution >= 4 is 44.7 Å². The molecule has 162 valence electrons. The van der Waals surface area contributed by atoms with Crippen LogP contribution in [-0.4, -0.2) is 21.4 Å². The molecular formula is C24H22N4O3S. The Morgan fingerprint density at radius 1 is 1.03 bits per heavy atom. The molecule has 0 aliphatic carbocycles. The number of amides is 2. The average Bonchev–Trinajstić information content (AvgIpc) is 3.10. The maximum Gasteiger partial charge on any atom is 0.266 e. The lowest BCUT2D eigenvalue weighted by molar-refractivity contribution is -0.116. The number of nitrogens with zero attached hydrogens (tertiary/aromatic N) is 2. The highest BCUT2D eigenvalue weighted by Gasteiger charge is 2.20. The Morgan fingerprint density at radius 3 is 2.50 bits per heavy atom. The Morgan fingerprint density at radius 2 is 1.78 bits per heavy atom. The lowest BCUT2D eigenvalue weighted by Gasteiger charge is -2.10. The molecule has 2 aromatic heterocycles. The molecule has 0 spiro atoms. The summed E-state index contributed by atoms with van der Waals surface area (Å²) in [6, 6.07) is 14.8. The first-order valence-corrected chi connectivity index (χ1v) is 10.9. The summed E-state index contributed by atoms with van der Waals surface area (Å²) in [5.74, 6) is -0.620. The molecule has 0 bridgehead atoms. The van der Waals surface area contributed by atoms with Gasteiger partial charge in [-0.05, 0) is 50.1 Å². The minimum Gasteiger partial charge on any atom is -0.324 e. The number of fused-ring (bicyclic) bond motifs is 1. The van der Waals surface area contributed by atoms with Crippen LogP contribution in [0.5, 0.6) is 0 Å². The maximum absolute atomic E-state index is 13.1. The molecule has 7 nitrogen and oxygen atoms in total. The quantitative estimate of drug-likeness (QED) is 0.479. The fraction of sp³-hybridized carbons (Fsp3) is 0.167. The standard InChI is InChI=1S/C24H22N4O3S/c1-14-9-10-18(15(2)11-14)27-19(29)12-28-13-25-23-20(24(28)31)16(3)21(32-23)22(30)26-17-7-5-4-6-8-17/h4-11,13H,12H2,1-3H3,(H,26,30)(H,27,29). The highest BCUT2D eigenvalue weighted by Crippen LogP contribution is 2.27. The number of carbonyl (C=O) groups is 2. The highest BCUT2D eigenvalue weighted by molar-refractivity contribution is 7.20. The number of nitrogens with one attached hydrogen (secondary N) is 2. The van der Waals surface area contributed by atoms with Crippen LogP contribution in [0.3, 0.4) is 0 Å². The summed E-state index contributed by atoms with van der Waals surface area (Å²) in [7, 11) is 0. The van der Waals surface area contributed by atoms with Crippen LogP contribution in [-0.2, 0) is 11.3 Å². The maximum atomic E-state index is 13.1. The van der Waals surface area contributed by atoms with Crippen molar-refractivity contribution in [2.24, 2.45) is 0 Å². The van der Waals surface area contributed by atoms with Gasteiger partial charge in [-0.3, -0.25) is 19.0 Å². The Bertz CT molecular complexity index is 1390. The van der Waals surface area contributed by atoms with Crippen LogP contribution in [0.25, 0.3) is 10.2 Å². The summed E-state index contributed by atoms with van der Waals surface area (Å²) < 4.78 is 1.26. The van der Waals surface area contributed by atoms with E-state index in [-0.39, 0.29) is 23.9 Å². The second-order valence-corrected chi connectivity index (χ2v) is 8.60. The molecule has 2 N–H and O–H groups in total. The van der Waals surface area contributed by atoms with Gasteiger partial charge in [0.15, 0.2) is 0 Å². The van der Waals surface area contributed by atoms with Gasteiger partial charge in [-0.25, -0.2) is 4.98 Å². The van der Waals surface area contributed by atoms with Gasteiger partial charge in [0.05, 0.1) is 16.6 Å². The predicted molar refractivity (Wildman–Crippen MR) is 128 cm³/mol. The van der Waals surface area contributed by atoms with Crippen molar-refractivity contribution in [1.29, 1.82) is 0 Å². The fourth-order valence-electron chi connectivity index (χ4n) is 3.50. The molecule has 8 heteroatoms. The van der Waals surface area contributed by atoms with Crippen molar-refractivity contribution in [3.63, 3.8) is 0 Å². The van der Waals surface area contributed by atoms with E-state index in [9.17, 15) is 14.4 Å². The molecule has 0 aliphatic heterocycles. The van der Waals surface area contributed by atoms with Crippen LogP contribution in [0.2, 0.25) is 0 Å². The molecule has 0 atom stereocenters. The van der Waals surface area contributed by atoms with E-state index in [4.69, 9.17) is 0 Å². The Hall–Kier alpha value is -3.78. The largest absolute Gasteiger partial charge is 0.324 e. The van der Waals surface area contributed by atoms with Crippen LogP contribution in [0.1, 0.15) is 26.4 Å². The van der Waals surface area contributed by atoms with Crippen molar-refractivity contribution in [2.45, 2.75) is 27.3 Å². The molecule has 4 rings (SSSR count). The third kappa shape index (κ3) is 4.31. The summed E-state index contributed by atoms with van der Waals surface area (Å²) in [6.45, 7) is 5.45. The number of carbonyl (C=O) groups excluding carboxylic acids is 2. The Labute approximate surface area is 188 Å². The number of aromatic nitrogens is 2. The normalized spacial score (nSPS) is 10.8. The smallest absolute Gasteiger partial charge is 0.266 e. The fourth-order valence-corrected chi connectivity index (χ4v) is 4.53. The number of benzene rings is 2. The zero-order valence-electron chi connectivity index (χ0n) is 17.9. The van der Waals surface area contributed by atoms with Crippen molar-refractivity contribution in [3.8, 4) is 0 Å². The van der Waals surface area contributed by atoms with E-state index in [0.717, 1.165) is 22.5 Å². The van der Waals surface area contributed by atoms with E-state index in [1.165, 1.54) is 10.9 Å². The van der Waals surface area contributed by atoms with Gasteiger partial charge in [0.1, 0.15) is 11.4 Å². The topological polar surface area (TPSA) is 93.1 Å². The van der Waals surface area contributed by atoms with Crippen LogP contribution in [0, 0.1) is 20.8 Å². The van der Waals surface area contributed by atoms with E-state index in [0.29, 0.717) is 32.0 Å². The number of rotatable bonds is 5. The van der Waals surface area contributed by atoms with Crippen molar-refractivity contribution in [3.05, 3.63) is 86.8 Å². The van der Waals surface area contributed by atoms with Crippen LogP contribution >= 0.6 is 11.3 Å². The molecular weight excluding hydrogens is 424 g/mol. The van der Waals surface area contributed by atoms with E-state index < -0.39 is 0 Å². The zero-order chi connectivity index (χ0) is 22.8. The monoisotopic (exact) mass is 446 g/mol. The van der Waals surface area contributed by atoms with E-state index >= 15 is 0 Å². The van der Waals surface area contributed by atoms with Gasteiger partial charge in [0.25, 0.3) is 11.5 Å². The van der Waals surface area contributed by atoms with Gasteiger partial charge in [-0.2, -0.15) is 0 Å². The lowest BCUT2D eigenvalue weighted by atomic mass is 10.1. The zero-order valence-corrected chi connectivity index (χ0v) is 18.7. The molecule has 2 amide bonds. The number of aryl methyl sites for hydroxylation is 3. The van der Waals surface area contributed by atoms with Crippen LogP contribution < -0.4 is 16.2 Å². The first kappa shape index (κ1) is 21.5. The van der Waals surface area contributed by atoms with E-state index in [1.54, 1.807) is 19.1 Å². The summed E-state index contributed by atoms with van der Waals surface area (Å²) in [5.41, 5.74) is 3.63. The number of thiophene rings is 1. The van der Waals surface area contributed by atoms with Gasteiger partial charge in [0, 0.05) is 11.4 Å². The molecule has 0 aliphatic rings. The highest BCUT2D eigenvalue weighted by atomic mass is 32.1. The summed E-state index contributed by atoms with van der Waals surface area (Å²) in [5, 5.41) is 6.03. The number of hydrogen-bond acceptors (Lipinski definition) is 5. The minimum atomic E-state index is -0.349. The lowest BCUT2D eigenvalue weighted by Crippen LogP contribution is -2.28. The van der Waals surface area contributed by atoms with Crippen LogP contribution in [0.4, 0.5) is 11.4 Å². The molecule has 2 heterocycles. The number of anilines is 2.